The lowest BCUT2D eigenvalue weighted by Gasteiger charge is -2.11. The number of carbonyl (C=O) groups is 1. The number of nitrogens with zero attached hydrogens (tertiary/aromatic N) is 3. The van der Waals surface area contributed by atoms with Gasteiger partial charge in [0.25, 0.3) is 0 Å². The van der Waals surface area contributed by atoms with Crippen LogP contribution in [0, 0.1) is 11.8 Å². The van der Waals surface area contributed by atoms with Crippen LogP contribution in [0.25, 0.3) is 21.8 Å². The van der Waals surface area contributed by atoms with Gasteiger partial charge >= 0.3 is 0 Å². The molecule has 3 heterocycles. The largest absolute Gasteiger partial charge is 0.399 e. The summed E-state index contributed by atoms with van der Waals surface area (Å²) in [4.78, 5) is 16.8. The molecule has 2 N–H and O–H groups in total. The van der Waals surface area contributed by atoms with Gasteiger partial charge < -0.3 is 14.9 Å². The average molecular weight is 535 g/mol. The summed E-state index contributed by atoms with van der Waals surface area (Å²) in [5.74, 6) is 1.99. The van der Waals surface area contributed by atoms with E-state index < -0.39 is 0 Å². The minimum Gasteiger partial charge on any atom is -0.399 e. The molecule has 5 heteroatoms. The van der Waals surface area contributed by atoms with E-state index in [1.54, 1.807) is 6.92 Å². The highest BCUT2D eigenvalue weighted by molar-refractivity contribution is 5.95. The maximum Gasteiger partial charge on any atom is 0.161 e. The summed E-state index contributed by atoms with van der Waals surface area (Å²) in [7, 11) is 0. The van der Waals surface area contributed by atoms with E-state index in [0.29, 0.717) is 24.2 Å². The molecule has 3 aromatic heterocycles. The monoisotopic (exact) mass is 534 g/mol. The van der Waals surface area contributed by atoms with Crippen molar-refractivity contribution in [2.24, 2.45) is 11.8 Å². The number of nitrogen functional groups attached to an aromatic ring is 1. The summed E-state index contributed by atoms with van der Waals surface area (Å²) in [6.45, 7) is 12.6. The van der Waals surface area contributed by atoms with Crippen LogP contribution in [-0.2, 0) is 19.5 Å². The molecule has 0 saturated heterocycles. The van der Waals surface area contributed by atoms with Gasteiger partial charge in [0.15, 0.2) is 5.78 Å². The zero-order valence-electron chi connectivity index (χ0n) is 24.5. The fourth-order valence-electron chi connectivity index (χ4n) is 5.43. The third-order valence-electron chi connectivity index (χ3n) is 7.55. The van der Waals surface area contributed by atoms with E-state index in [4.69, 9.17) is 5.73 Å². The molecule has 5 aromatic rings. The molecule has 6 rings (SSSR count). The van der Waals surface area contributed by atoms with Gasteiger partial charge in [0.2, 0.25) is 0 Å². The maximum atomic E-state index is 12.2. The van der Waals surface area contributed by atoms with Crippen molar-refractivity contribution in [1.29, 1.82) is 0 Å². The van der Waals surface area contributed by atoms with E-state index >= 15 is 0 Å². The molecule has 0 unspecified atom stereocenters. The third-order valence-corrected chi connectivity index (χ3v) is 7.55. The highest BCUT2D eigenvalue weighted by Crippen LogP contribution is 2.40. The van der Waals surface area contributed by atoms with Crippen molar-refractivity contribution in [2.45, 2.75) is 72.9 Å². The fourth-order valence-corrected chi connectivity index (χ4v) is 5.43. The lowest BCUT2D eigenvalue weighted by Crippen LogP contribution is -2.05. The number of Topliss-reactive ketones (excluding diaryl/α,β-unsaturated/α-hetero) is 1. The highest BCUT2D eigenvalue weighted by atomic mass is 16.1. The Hall–Kier alpha value is -3.86. The number of nitrogens with two attached hydrogens (primary N) is 1. The predicted molar refractivity (Wildman–Crippen MR) is 167 cm³/mol. The van der Waals surface area contributed by atoms with Crippen LogP contribution in [0.15, 0.2) is 73.2 Å². The molecule has 0 spiro atoms. The first-order chi connectivity index (χ1) is 19.2. The fraction of sp³-hybridized carbons (Fsp3) is 0.371. The zero-order chi connectivity index (χ0) is 28.4. The molecular formula is C35H42N4O. The Bertz CT molecular complexity index is 1630. The zero-order valence-corrected chi connectivity index (χ0v) is 24.5. The van der Waals surface area contributed by atoms with E-state index in [-0.39, 0.29) is 5.78 Å². The van der Waals surface area contributed by atoms with Crippen molar-refractivity contribution < 1.29 is 4.79 Å². The Labute approximate surface area is 238 Å². The van der Waals surface area contributed by atoms with Crippen molar-refractivity contribution in [3.63, 3.8) is 0 Å². The topological polar surface area (TPSA) is 65.8 Å². The molecule has 1 saturated carbocycles. The summed E-state index contributed by atoms with van der Waals surface area (Å²) in [5.41, 5.74) is 13.2. The standard InChI is InChI=1S/C23H26N2O.C12H16N2/c1-15(2)14-25-9-8-19-5-4-17(11-23(19)25)10-22-21(16(3)26)12-20(13-24-22)18-6-7-18;1-9(2)8-14-6-5-10-3-4-11(13)7-12(10)14/h4-5,8-9,11-13,15,18H,6-7,10,14H2,1-3H3;3-7,9H,8,13H2,1-2H3. The molecule has 0 aliphatic heterocycles. The van der Waals surface area contributed by atoms with Gasteiger partial charge in [-0.2, -0.15) is 0 Å². The minimum absolute atomic E-state index is 0.110. The number of hydrogen-bond acceptors (Lipinski definition) is 3. The van der Waals surface area contributed by atoms with Crippen LogP contribution in [0.3, 0.4) is 0 Å². The maximum absolute atomic E-state index is 12.2. The van der Waals surface area contributed by atoms with Crippen LogP contribution >= 0.6 is 0 Å². The number of rotatable bonds is 8. The van der Waals surface area contributed by atoms with Crippen molar-refractivity contribution in [1.82, 2.24) is 14.1 Å². The van der Waals surface area contributed by atoms with Crippen LogP contribution in [0.5, 0.6) is 0 Å². The Kier molecular flexibility index (Phi) is 8.11. The summed E-state index contributed by atoms with van der Waals surface area (Å²) in [6, 6.07) is 19.0. The lowest BCUT2D eigenvalue weighted by atomic mass is 9.99. The van der Waals surface area contributed by atoms with Crippen molar-refractivity contribution >= 4 is 33.3 Å². The first kappa shape index (κ1) is 27.7. The number of fused-ring (bicyclic) bond motifs is 2. The smallest absolute Gasteiger partial charge is 0.161 e. The summed E-state index contributed by atoms with van der Waals surface area (Å²) >= 11 is 0. The normalized spacial score (nSPS) is 13.3. The number of hydrogen-bond donors (Lipinski definition) is 1. The highest BCUT2D eigenvalue weighted by Gasteiger charge is 2.25. The number of carbonyl (C=O) groups excluding carboxylic acids is 1. The number of anilines is 1. The second-order valence-corrected chi connectivity index (χ2v) is 12.2. The third kappa shape index (κ3) is 6.47. The number of ketones is 1. The second-order valence-electron chi connectivity index (χ2n) is 12.2. The molecule has 40 heavy (non-hydrogen) atoms. The molecule has 0 amide bonds. The summed E-state index contributed by atoms with van der Waals surface area (Å²) < 4.78 is 4.58. The minimum atomic E-state index is 0.110. The number of benzene rings is 2. The molecule has 0 radical (unpaired) electrons. The molecule has 5 nitrogen and oxygen atoms in total. The van der Waals surface area contributed by atoms with Crippen molar-refractivity contribution in [3.8, 4) is 0 Å². The Morgan fingerprint density at radius 3 is 2.05 bits per heavy atom. The predicted octanol–water partition coefficient (Wildman–Crippen LogP) is 8.24. The first-order valence-corrected chi connectivity index (χ1v) is 14.6. The van der Waals surface area contributed by atoms with Gasteiger partial charge in [0.1, 0.15) is 0 Å². The Morgan fingerprint density at radius 2 is 1.48 bits per heavy atom. The van der Waals surface area contributed by atoms with Crippen molar-refractivity contribution in [2.75, 3.05) is 5.73 Å². The van der Waals surface area contributed by atoms with E-state index in [0.717, 1.165) is 30.0 Å². The van der Waals surface area contributed by atoms with Gasteiger partial charge in [-0.05, 0) is 95.8 Å². The first-order valence-electron chi connectivity index (χ1n) is 14.6. The van der Waals surface area contributed by atoms with Gasteiger partial charge in [-0.1, -0.05) is 45.9 Å². The Balaban J connectivity index is 0.000000194. The van der Waals surface area contributed by atoms with Crippen LogP contribution < -0.4 is 5.73 Å². The SMILES string of the molecule is CC(=O)c1cc(C2CC2)cnc1Cc1ccc2ccn(CC(C)C)c2c1.CC(C)Cn1ccc2ccc(N)cc21. The molecular weight excluding hydrogens is 492 g/mol. The van der Waals surface area contributed by atoms with Gasteiger partial charge in [0.05, 0.1) is 11.2 Å². The molecule has 208 valence electrons. The molecule has 1 aliphatic carbocycles. The van der Waals surface area contributed by atoms with E-state index in [1.807, 2.05) is 18.3 Å². The van der Waals surface area contributed by atoms with Crippen molar-refractivity contribution in [3.05, 3.63) is 95.6 Å². The summed E-state index contributed by atoms with van der Waals surface area (Å²) in [6.07, 6.45) is 9.41. The van der Waals surface area contributed by atoms with Crippen LogP contribution in [-0.4, -0.2) is 19.9 Å². The quantitative estimate of drug-likeness (QED) is 0.161. The van der Waals surface area contributed by atoms with Gasteiger partial charge in [-0.3, -0.25) is 9.78 Å². The molecule has 1 fully saturated rings. The van der Waals surface area contributed by atoms with Gasteiger partial charge in [-0.15, -0.1) is 0 Å². The van der Waals surface area contributed by atoms with Crippen LogP contribution in [0.2, 0.25) is 0 Å². The summed E-state index contributed by atoms with van der Waals surface area (Å²) in [5, 5.41) is 2.53. The van der Waals surface area contributed by atoms with E-state index in [2.05, 4.69) is 96.7 Å². The van der Waals surface area contributed by atoms with Crippen LogP contribution in [0.4, 0.5) is 5.69 Å². The van der Waals surface area contributed by atoms with Crippen LogP contribution in [0.1, 0.15) is 80.6 Å². The second kappa shape index (κ2) is 11.7. The van der Waals surface area contributed by atoms with E-state index in [1.165, 1.54) is 45.8 Å². The number of aromatic nitrogens is 3. The molecule has 0 bridgehead atoms. The average Bonchev–Trinajstić information content (AvgIpc) is 3.59. The van der Waals surface area contributed by atoms with Gasteiger partial charge in [-0.25, -0.2) is 0 Å². The Morgan fingerprint density at radius 1 is 0.875 bits per heavy atom. The molecule has 2 aromatic carbocycles. The van der Waals surface area contributed by atoms with E-state index in [9.17, 15) is 4.79 Å². The van der Waals surface area contributed by atoms with Gasteiger partial charge in [0, 0.05) is 54.9 Å². The molecule has 0 atom stereocenters. The molecule has 1 aliphatic rings. The lowest BCUT2D eigenvalue weighted by molar-refractivity contribution is 0.101. The number of pyridine rings is 1.